The molecule has 0 aliphatic heterocycles. The van der Waals surface area contributed by atoms with Crippen LogP contribution in [-0.2, 0) is 9.53 Å². The number of para-hydroxylation sites is 1. The van der Waals surface area contributed by atoms with E-state index in [1.165, 1.54) is 7.11 Å². The number of nitrogens with zero attached hydrogens (tertiary/aromatic N) is 1. The average Bonchev–Trinajstić information content (AvgIpc) is 2.47. The van der Waals surface area contributed by atoms with Gasteiger partial charge in [0.2, 0.25) is 0 Å². The first-order chi connectivity index (χ1) is 9.22. The van der Waals surface area contributed by atoms with Gasteiger partial charge in [0.1, 0.15) is 6.04 Å². The summed E-state index contributed by atoms with van der Waals surface area (Å²) in [5, 5.41) is 3.01. The Bertz CT molecular complexity index is 368. The van der Waals surface area contributed by atoms with Crippen LogP contribution in [0.4, 0.5) is 5.69 Å². The van der Waals surface area contributed by atoms with Crippen molar-refractivity contribution >= 4 is 11.7 Å². The number of carbonyl (C=O) groups excluding carboxylic acids is 1. The van der Waals surface area contributed by atoms with E-state index in [-0.39, 0.29) is 12.0 Å². The van der Waals surface area contributed by atoms with E-state index in [0.717, 1.165) is 25.1 Å². The number of unbranched alkanes of at least 4 members (excludes halogenated alkanes) is 1. The summed E-state index contributed by atoms with van der Waals surface area (Å²) in [7, 11) is 3.20. The number of hydrogen-bond donors (Lipinski definition) is 1. The highest BCUT2D eigenvalue weighted by Crippen LogP contribution is 2.14. The molecule has 106 valence electrons. The molecule has 4 nitrogen and oxygen atoms in total. The molecular weight excluding hydrogens is 240 g/mol. The van der Waals surface area contributed by atoms with Crippen LogP contribution >= 0.6 is 0 Å². The molecule has 1 atom stereocenters. The fraction of sp³-hybridized carbons (Fsp3) is 0.533. The lowest BCUT2D eigenvalue weighted by Crippen LogP contribution is -2.45. The number of hydrogen-bond acceptors (Lipinski definition) is 4. The minimum absolute atomic E-state index is 0.222. The first kappa shape index (κ1) is 15.5. The Labute approximate surface area is 115 Å². The summed E-state index contributed by atoms with van der Waals surface area (Å²) in [6.45, 7) is 3.72. The second-order valence-corrected chi connectivity index (χ2v) is 4.50. The third kappa shape index (κ3) is 4.91. The number of anilines is 1. The maximum Gasteiger partial charge on any atom is 0.324 e. The smallest absolute Gasteiger partial charge is 0.324 e. The molecule has 0 saturated heterocycles. The Balaban J connectivity index is 2.76. The quantitative estimate of drug-likeness (QED) is 0.730. The summed E-state index contributed by atoms with van der Waals surface area (Å²) in [5.41, 5.74) is 1.14. The third-order valence-electron chi connectivity index (χ3n) is 3.14. The first-order valence-electron chi connectivity index (χ1n) is 6.78. The molecule has 0 aliphatic rings. The van der Waals surface area contributed by atoms with Crippen LogP contribution in [0.3, 0.4) is 0 Å². The zero-order valence-electron chi connectivity index (χ0n) is 12.1. The van der Waals surface area contributed by atoms with Crippen molar-refractivity contribution in [1.82, 2.24) is 5.32 Å². The average molecular weight is 264 g/mol. The van der Waals surface area contributed by atoms with Gasteiger partial charge in [-0.3, -0.25) is 4.79 Å². The van der Waals surface area contributed by atoms with Gasteiger partial charge in [0, 0.05) is 18.8 Å². The lowest BCUT2D eigenvalue weighted by atomic mass is 10.2. The minimum Gasteiger partial charge on any atom is -0.468 e. The van der Waals surface area contributed by atoms with Crippen LogP contribution < -0.4 is 10.2 Å². The standard InChI is InChI=1S/C15H24N2O2/c1-4-5-11-17(13-9-7-6-8-10-13)12-14(16-2)15(18)19-3/h6-10,14,16H,4-5,11-12H2,1-3H3. The SMILES string of the molecule is CCCCN(CC(NC)C(=O)OC)c1ccccc1. The maximum atomic E-state index is 11.7. The Kier molecular flexibility index (Phi) is 6.97. The third-order valence-corrected chi connectivity index (χ3v) is 3.14. The zero-order chi connectivity index (χ0) is 14.1. The Hall–Kier alpha value is -1.55. The summed E-state index contributed by atoms with van der Waals surface area (Å²) in [6.07, 6.45) is 2.23. The molecule has 0 bridgehead atoms. The second-order valence-electron chi connectivity index (χ2n) is 4.50. The van der Waals surface area contributed by atoms with Gasteiger partial charge in [0.15, 0.2) is 0 Å². The van der Waals surface area contributed by atoms with Gasteiger partial charge in [-0.2, -0.15) is 0 Å². The Morgan fingerprint density at radius 3 is 2.58 bits per heavy atom. The Morgan fingerprint density at radius 2 is 2.05 bits per heavy atom. The number of esters is 1. The number of nitrogens with one attached hydrogen (secondary N) is 1. The van der Waals surface area contributed by atoms with E-state index in [9.17, 15) is 4.79 Å². The molecule has 1 aromatic carbocycles. The lowest BCUT2D eigenvalue weighted by Gasteiger charge is -2.28. The highest BCUT2D eigenvalue weighted by molar-refractivity contribution is 5.76. The molecule has 1 aromatic rings. The van der Waals surface area contributed by atoms with Crippen LogP contribution in [-0.4, -0.2) is 39.3 Å². The molecule has 0 amide bonds. The normalized spacial score (nSPS) is 11.9. The van der Waals surface area contributed by atoms with Crippen molar-refractivity contribution in [3.05, 3.63) is 30.3 Å². The van der Waals surface area contributed by atoms with Gasteiger partial charge < -0.3 is 15.0 Å². The van der Waals surface area contributed by atoms with Crippen molar-refractivity contribution in [1.29, 1.82) is 0 Å². The monoisotopic (exact) mass is 264 g/mol. The van der Waals surface area contributed by atoms with Crippen molar-refractivity contribution in [3.63, 3.8) is 0 Å². The van der Waals surface area contributed by atoms with Crippen molar-refractivity contribution in [3.8, 4) is 0 Å². The van der Waals surface area contributed by atoms with Crippen molar-refractivity contribution < 1.29 is 9.53 Å². The van der Waals surface area contributed by atoms with Crippen LogP contribution in [0.2, 0.25) is 0 Å². The highest BCUT2D eigenvalue weighted by atomic mass is 16.5. The number of carbonyl (C=O) groups is 1. The fourth-order valence-corrected chi connectivity index (χ4v) is 1.96. The zero-order valence-corrected chi connectivity index (χ0v) is 12.1. The van der Waals surface area contributed by atoms with Gasteiger partial charge in [0.25, 0.3) is 0 Å². The number of methoxy groups -OCH3 is 1. The van der Waals surface area contributed by atoms with Gasteiger partial charge >= 0.3 is 5.97 Å². The molecule has 0 heterocycles. The van der Waals surface area contributed by atoms with Gasteiger partial charge in [-0.1, -0.05) is 31.5 Å². The maximum absolute atomic E-state index is 11.7. The van der Waals surface area contributed by atoms with E-state index in [0.29, 0.717) is 6.54 Å². The molecule has 0 fully saturated rings. The van der Waals surface area contributed by atoms with Gasteiger partial charge in [-0.15, -0.1) is 0 Å². The predicted molar refractivity (Wildman–Crippen MR) is 78.4 cm³/mol. The molecule has 1 unspecified atom stereocenters. The Morgan fingerprint density at radius 1 is 1.37 bits per heavy atom. The first-order valence-corrected chi connectivity index (χ1v) is 6.78. The summed E-state index contributed by atoms with van der Waals surface area (Å²) in [6, 6.07) is 9.86. The predicted octanol–water partition coefficient (Wildman–Crippen LogP) is 2.05. The van der Waals surface area contributed by atoms with E-state index < -0.39 is 0 Å². The summed E-state index contributed by atoms with van der Waals surface area (Å²) >= 11 is 0. The lowest BCUT2D eigenvalue weighted by molar-refractivity contribution is -0.142. The van der Waals surface area contributed by atoms with Crippen molar-refractivity contribution in [2.24, 2.45) is 0 Å². The largest absolute Gasteiger partial charge is 0.468 e. The minimum atomic E-state index is -0.304. The molecular formula is C15H24N2O2. The van der Waals surface area contributed by atoms with Gasteiger partial charge in [-0.25, -0.2) is 0 Å². The summed E-state index contributed by atoms with van der Waals surface area (Å²) in [4.78, 5) is 13.9. The summed E-state index contributed by atoms with van der Waals surface area (Å²) < 4.78 is 4.82. The van der Waals surface area contributed by atoms with Crippen molar-refractivity contribution in [2.75, 3.05) is 32.1 Å². The number of rotatable bonds is 8. The molecule has 1 rings (SSSR count). The molecule has 0 saturated carbocycles. The van der Waals surface area contributed by atoms with E-state index in [4.69, 9.17) is 4.74 Å². The number of likely N-dealkylation sites (N-methyl/N-ethyl adjacent to an activating group) is 1. The number of benzene rings is 1. The summed E-state index contributed by atoms with van der Waals surface area (Å²) in [5.74, 6) is -0.222. The van der Waals surface area contributed by atoms with Gasteiger partial charge in [0.05, 0.1) is 7.11 Å². The second kappa shape index (κ2) is 8.53. The molecule has 0 aromatic heterocycles. The molecule has 0 radical (unpaired) electrons. The highest BCUT2D eigenvalue weighted by Gasteiger charge is 2.20. The molecule has 0 aliphatic carbocycles. The molecule has 19 heavy (non-hydrogen) atoms. The van der Waals surface area contributed by atoms with Crippen LogP contribution in [0.5, 0.6) is 0 Å². The fourth-order valence-electron chi connectivity index (χ4n) is 1.96. The van der Waals surface area contributed by atoms with E-state index in [2.05, 4.69) is 29.3 Å². The van der Waals surface area contributed by atoms with Crippen LogP contribution in [0.1, 0.15) is 19.8 Å². The van der Waals surface area contributed by atoms with Crippen LogP contribution in [0, 0.1) is 0 Å². The molecule has 0 spiro atoms. The topological polar surface area (TPSA) is 41.6 Å². The molecule has 1 N–H and O–H groups in total. The van der Waals surface area contributed by atoms with Crippen LogP contribution in [0.15, 0.2) is 30.3 Å². The molecule has 4 heteroatoms. The van der Waals surface area contributed by atoms with Crippen molar-refractivity contribution in [2.45, 2.75) is 25.8 Å². The van der Waals surface area contributed by atoms with Crippen LogP contribution in [0.25, 0.3) is 0 Å². The van der Waals surface area contributed by atoms with E-state index in [1.807, 2.05) is 18.2 Å². The van der Waals surface area contributed by atoms with E-state index in [1.54, 1.807) is 7.05 Å². The van der Waals surface area contributed by atoms with Gasteiger partial charge in [-0.05, 0) is 25.6 Å². The van der Waals surface area contributed by atoms with E-state index >= 15 is 0 Å². The number of ether oxygens (including phenoxy) is 1.